The van der Waals surface area contributed by atoms with Crippen molar-refractivity contribution in [3.8, 4) is 0 Å². The van der Waals surface area contributed by atoms with Crippen molar-refractivity contribution < 1.29 is 9.13 Å². The lowest BCUT2D eigenvalue weighted by Crippen LogP contribution is -2.31. The summed E-state index contributed by atoms with van der Waals surface area (Å²) in [5, 5.41) is 3.35. The molecular formula is C15H20FNO. The third-order valence-corrected chi connectivity index (χ3v) is 4.32. The first-order chi connectivity index (χ1) is 8.67. The van der Waals surface area contributed by atoms with Gasteiger partial charge < -0.3 is 10.1 Å². The van der Waals surface area contributed by atoms with E-state index in [1.165, 1.54) is 6.42 Å². The molecule has 0 aromatic heterocycles. The molecule has 0 spiro atoms. The summed E-state index contributed by atoms with van der Waals surface area (Å²) in [6, 6.07) is 5.51. The first-order valence-electron chi connectivity index (χ1n) is 6.77. The summed E-state index contributed by atoms with van der Waals surface area (Å²) in [5.74, 6) is 0.337. The highest BCUT2D eigenvalue weighted by atomic mass is 19.1. The fraction of sp³-hybridized carbons (Fsp3) is 0.600. The van der Waals surface area contributed by atoms with Crippen molar-refractivity contribution in [2.24, 2.45) is 5.92 Å². The Bertz CT molecular complexity index is 428. The summed E-state index contributed by atoms with van der Waals surface area (Å²) in [4.78, 5) is 0. The number of nitrogens with one attached hydrogen (secondary N) is 1. The predicted molar refractivity (Wildman–Crippen MR) is 68.9 cm³/mol. The molecule has 2 fully saturated rings. The molecule has 3 rings (SSSR count). The van der Waals surface area contributed by atoms with Crippen LogP contribution in [0.3, 0.4) is 0 Å². The van der Waals surface area contributed by atoms with E-state index in [-0.39, 0.29) is 11.9 Å². The molecule has 0 aliphatic carbocycles. The summed E-state index contributed by atoms with van der Waals surface area (Å²) in [6.45, 7) is 1.94. The fourth-order valence-electron chi connectivity index (χ4n) is 3.60. The molecule has 0 amide bonds. The molecule has 2 aliphatic rings. The number of benzene rings is 1. The van der Waals surface area contributed by atoms with Crippen molar-refractivity contribution in [3.63, 3.8) is 0 Å². The van der Waals surface area contributed by atoms with E-state index < -0.39 is 0 Å². The fourth-order valence-corrected chi connectivity index (χ4v) is 3.60. The van der Waals surface area contributed by atoms with Crippen molar-refractivity contribution >= 4 is 0 Å². The lowest BCUT2D eigenvalue weighted by molar-refractivity contribution is 0.0862. The van der Waals surface area contributed by atoms with Crippen LogP contribution in [0.2, 0.25) is 0 Å². The highest BCUT2D eigenvalue weighted by Gasteiger charge is 2.44. The van der Waals surface area contributed by atoms with E-state index in [0.717, 1.165) is 24.0 Å². The third-order valence-electron chi connectivity index (χ3n) is 4.32. The van der Waals surface area contributed by atoms with E-state index in [9.17, 15) is 4.39 Å². The third kappa shape index (κ3) is 2.06. The average Bonchev–Trinajstić information content (AvgIpc) is 2.90. The molecule has 1 aromatic carbocycles. The van der Waals surface area contributed by atoms with Crippen LogP contribution in [0, 0.1) is 18.7 Å². The SMILES string of the molecule is CNC(c1cc(C)cc(F)c1)C1CC2CCC1O2. The van der Waals surface area contributed by atoms with Gasteiger partial charge >= 0.3 is 0 Å². The number of aryl methyl sites for hydroxylation is 1. The van der Waals surface area contributed by atoms with Gasteiger partial charge in [-0.2, -0.15) is 0 Å². The van der Waals surface area contributed by atoms with Crippen LogP contribution in [-0.2, 0) is 4.74 Å². The Morgan fingerprint density at radius 1 is 1.33 bits per heavy atom. The molecule has 4 unspecified atom stereocenters. The minimum atomic E-state index is -0.144. The van der Waals surface area contributed by atoms with Gasteiger partial charge in [0, 0.05) is 12.0 Å². The van der Waals surface area contributed by atoms with Gasteiger partial charge in [0.15, 0.2) is 0 Å². The maximum Gasteiger partial charge on any atom is 0.123 e. The molecule has 3 heteroatoms. The Kier molecular flexibility index (Phi) is 3.12. The van der Waals surface area contributed by atoms with Gasteiger partial charge in [-0.3, -0.25) is 0 Å². The molecule has 1 N–H and O–H groups in total. The molecule has 0 radical (unpaired) electrons. The van der Waals surface area contributed by atoms with Gasteiger partial charge in [0.1, 0.15) is 5.82 Å². The van der Waals surface area contributed by atoms with Crippen LogP contribution in [-0.4, -0.2) is 19.3 Å². The lowest BCUT2D eigenvalue weighted by atomic mass is 9.81. The molecule has 2 saturated heterocycles. The summed E-state index contributed by atoms with van der Waals surface area (Å²) in [6.07, 6.45) is 4.24. The van der Waals surface area contributed by atoms with Crippen molar-refractivity contribution in [2.75, 3.05) is 7.05 Å². The van der Waals surface area contributed by atoms with Gasteiger partial charge in [0.25, 0.3) is 0 Å². The summed E-state index contributed by atoms with van der Waals surface area (Å²) >= 11 is 0. The summed E-state index contributed by atoms with van der Waals surface area (Å²) in [5.41, 5.74) is 2.03. The zero-order chi connectivity index (χ0) is 12.7. The molecule has 4 atom stereocenters. The largest absolute Gasteiger partial charge is 0.375 e. The van der Waals surface area contributed by atoms with Crippen molar-refractivity contribution in [1.29, 1.82) is 0 Å². The van der Waals surface area contributed by atoms with Gasteiger partial charge in [-0.1, -0.05) is 6.07 Å². The van der Waals surface area contributed by atoms with Crippen molar-refractivity contribution in [3.05, 3.63) is 35.1 Å². The van der Waals surface area contributed by atoms with Crippen LogP contribution < -0.4 is 5.32 Å². The van der Waals surface area contributed by atoms with E-state index in [2.05, 4.69) is 11.4 Å². The molecule has 2 bridgehead atoms. The Morgan fingerprint density at radius 2 is 2.17 bits per heavy atom. The first kappa shape index (κ1) is 12.1. The number of halogens is 1. The highest BCUT2D eigenvalue weighted by molar-refractivity contribution is 5.27. The maximum absolute atomic E-state index is 13.5. The quantitative estimate of drug-likeness (QED) is 0.889. The second kappa shape index (κ2) is 4.63. The minimum absolute atomic E-state index is 0.144. The van der Waals surface area contributed by atoms with Crippen LogP contribution in [0.1, 0.15) is 36.4 Å². The maximum atomic E-state index is 13.5. The lowest BCUT2D eigenvalue weighted by Gasteiger charge is -2.28. The number of rotatable bonds is 3. The van der Waals surface area contributed by atoms with Gasteiger partial charge in [0.2, 0.25) is 0 Å². The monoisotopic (exact) mass is 249 g/mol. The number of hydrogen-bond acceptors (Lipinski definition) is 2. The van der Waals surface area contributed by atoms with Gasteiger partial charge in [-0.05, 0) is 56.5 Å². The van der Waals surface area contributed by atoms with E-state index in [1.54, 1.807) is 12.1 Å². The van der Waals surface area contributed by atoms with E-state index in [1.807, 2.05) is 14.0 Å². The van der Waals surface area contributed by atoms with Crippen molar-refractivity contribution in [1.82, 2.24) is 5.32 Å². The zero-order valence-corrected chi connectivity index (χ0v) is 10.9. The molecule has 2 nitrogen and oxygen atoms in total. The molecule has 18 heavy (non-hydrogen) atoms. The molecule has 98 valence electrons. The minimum Gasteiger partial charge on any atom is -0.375 e. The molecule has 2 heterocycles. The van der Waals surface area contributed by atoms with Gasteiger partial charge in [-0.15, -0.1) is 0 Å². The second-order valence-corrected chi connectivity index (χ2v) is 5.60. The molecule has 1 aromatic rings. The Hall–Kier alpha value is -0.930. The van der Waals surface area contributed by atoms with Crippen LogP contribution in [0.4, 0.5) is 4.39 Å². The van der Waals surface area contributed by atoms with E-state index in [0.29, 0.717) is 18.1 Å². The molecule has 0 saturated carbocycles. The summed E-state index contributed by atoms with van der Waals surface area (Å²) in [7, 11) is 1.96. The van der Waals surface area contributed by atoms with E-state index >= 15 is 0 Å². The smallest absolute Gasteiger partial charge is 0.123 e. The van der Waals surface area contributed by atoms with Crippen LogP contribution >= 0.6 is 0 Å². The number of hydrogen-bond donors (Lipinski definition) is 1. The number of ether oxygens (including phenoxy) is 1. The zero-order valence-electron chi connectivity index (χ0n) is 10.9. The Balaban J connectivity index is 1.87. The van der Waals surface area contributed by atoms with Gasteiger partial charge in [0.05, 0.1) is 12.2 Å². The van der Waals surface area contributed by atoms with Crippen LogP contribution in [0.15, 0.2) is 18.2 Å². The Labute approximate surface area is 108 Å². The topological polar surface area (TPSA) is 21.3 Å². The van der Waals surface area contributed by atoms with Crippen LogP contribution in [0.25, 0.3) is 0 Å². The average molecular weight is 249 g/mol. The summed E-state index contributed by atoms with van der Waals surface area (Å²) < 4.78 is 19.5. The Morgan fingerprint density at radius 3 is 2.72 bits per heavy atom. The highest BCUT2D eigenvalue weighted by Crippen LogP contribution is 2.44. The van der Waals surface area contributed by atoms with E-state index in [4.69, 9.17) is 4.74 Å². The standard InChI is InChI=1S/C15H20FNO/c1-9-5-10(7-11(16)6-9)15(17-2)13-8-12-3-4-14(13)18-12/h5-7,12-15,17H,3-4,8H2,1-2H3. The second-order valence-electron chi connectivity index (χ2n) is 5.60. The van der Waals surface area contributed by atoms with Gasteiger partial charge in [-0.25, -0.2) is 4.39 Å². The predicted octanol–water partition coefficient (Wildman–Crippen LogP) is 2.96. The molecular weight excluding hydrogens is 229 g/mol. The van der Waals surface area contributed by atoms with Crippen molar-refractivity contribution in [2.45, 2.75) is 44.4 Å². The molecule has 2 aliphatic heterocycles. The number of fused-ring (bicyclic) bond motifs is 2. The first-order valence-corrected chi connectivity index (χ1v) is 6.77. The van der Waals surface area contributed by atoms with Crippen LogP contribution in [0.5, 0.6) is 0 Å². The normalized spacial score (nSPS) is 31.8.